The monoisotopic (exact) mass is 412 g/mol. The molecule has 0 fully saturated rings. The van der Waals surface area contributed by atoms with Crippen molar-refractivity contribution < 1.29 is 4.74 Å². The van der Waals surface area contributed by atoms with E-state index in [2.05, 4.69) is 4.98 Å². The van der Waals surface area contributed by atoms with E-state index in [1.54, 1.807) is 59.8 Å². The van der Waals surface area contributed by atoms with Crippen molar-refractivity contribution in [3.63, 3.8) is 0 Å². The Morgan fingerprint density at radius 2 is 1.72 bits per heavy atom. The van der Waals surface area contributed by atoms with E-state index >= 15 is 0 Å². The van der Waals surface area contributed by atoms with E-state index in [0.717, 1.165) is 5.56 Å². The zero-order valence-corrected chi connectivity index (χ0v) is 15.8. The minimum absolute atomic E-state index is 0.259. The number of benzene rings is 2. The molecule has 0 aliphatic rings. The Morgan fingerprint density at radius 1 is 1.00 bits per heavy atom. The van der Waals surface area contributed by atoms with E-state index < -0.39 is 0 Å². The maximum atomic E-state index is 6.32. The van der Waals surface area contributed by atoms with Gasteiger partial charge in [-0.3, -0.25) is 0 Å². The molecule has 0 aliphatic heterocycles. The summed E-state index contributed by atoms with van der Waals surface area (Å²) in [5, 5.41) is 2.15. The second kappa shape index (κ2) is 8.15. The molecular weight excluding hydrogens is 402 g/mol. The van der Waals surface area contributed by atoms with Gasteiger partial charge >= 0.3 is 0 Å². The number of hydrogen-bond acceptors (Lipinski definition) is 2. The summed E-state index contributed by atoms with van der Waals surface area (Å²) in [4.78, 5) is 4.02. The van der Waals surface area contributed by atoms with Crippen LogP contribution >= 0.6 is 46.4 Å². The summed E-state index contributed by atoms with van der Waals surface area (Å²) < 4.78 is 7.75. The van der Waals surface area contributed by atoms with Crippen LogP contribution in [0.1, 0.15) is 11.1 Å². The summed E-state index contributed by atoms with van der Waals surface area (Å²) in [6.07, 6.45) is 6.91. The number of hydrogen-bond donors (Lipinski definition) is 0. The van der Waals surface area contributed by atoms with Gasteiger partial charge < -0.3 is 9.30 Å². The molecule has 3 aromatic rings. The standard InChI is InChI=1S/C18H12Cl4N2O/c19-13-2-1-12(16(21)7-13)10-25-18(9-24-6-5-23-11-24)15-4-3-14(20)8-17(15)22/h1-9,11H,10H2/b18-9-. The lowest BCUT2D eigenvalue weighted by Gasteiger charge is -2.14. The Balaban J connectivity index is 1.91. The maximum Gasteiger partial charge on any atom is 0.145 e. The molecule has 1 heterocycles. The first-order valence-corrected chi connectivity index (χ1v) is 8.75. The van der Waals surface area contributed by atoms with E-state index in [9.17, 15) is 0 Å². The highest BCUT2D eigenvalue weighted by atomic mass is 35.5. The smallest absolute Gasteiger partial charge is 0.145 e. The van der Waals surface area contributed by atoms with Gasteiger partial charge in [-0.25, -0.2) is 4.98 Å². The molecule has 0 amide bonds. The van der Waals surface area contributed by atoms with Gasteiger partial charge in [-0.2, -0.15) is 0 Å². The van der Waals surface area contributed by atoms with E-state index in [0.29, 0.717) is 31.4 Å². The highest BCUT2D eigenvalue weighted by molar-refractivity contribution is 6.36. The topological polar surface area (TPSA) is 27.1 Å². The van der Waals surface area contributed by atoms with Crippen molar-refractivity contribution in [2.24, 2.45) is 0 Å². The first-order chi connectivity index (χ1) is 12.0. The second-order valence-electron chi connectivity index (χ2n) is 5.15. The van der Waals surface area contributed by atoms with E-state index in [-0.39, 0.29) is 6.61 Å². The summed E-state index contributed by atoms with van der Waals surface area (Å²) in [5.41, 5.74) is 1.53. The van der Waals surface area contributed by atoms with Gasteiger partial charge in [0, 0.05) is 38.6 Å². The molecule has 2 aromatic carbocycles. The lowest BCUT2D eigenvalue weighted by molar-refractivity contribution is 0.265. The molecular formula is C18H12Cl4N2O. The molecule has 0 bridgehead atoms. The lowest BCUT2D eigenvalue weighted by Crippen LogP contribution is -1.97. The summed E-state index contributed by atoms with van der Waals surface area (Å²) >= 11 is 24.4. The molecule has 0 saturated carbocycles. The average molecular weight is 414 g/mol. The molecule has 0 atom stereocenters. The average Bonchev–Trinajstić information content (AvgIpc) is 3.06. The van der Waals surface area contributed by atoms with Crippen molar-refractivity contribution in [1.29, 1.82) is 0 Å². The van der Waals surface area contributed by atoms with E-state index in [1.165, 1.54) is 0 Å². The van der Waals surface area contributed by atoms with Crippen LogP contribution in [0.5, 0.6) is 0 Å². The third-order valence-corrected chi connectivity index (χ3v) is 4.52. The Kier molecular flexibility index (Phi) is 5.92. The number of aromatic nitrogens is 2. The van der Waals surface area contributed by atoms with Crippen molar-refractivity contribution in [1.82, 2.24) is 9.55 Å². The van der Waals surface area contributed by atoms with Crippen molar-refractivity contribution in [2.75, 3.05) is 0 Å². The number of imidazole rings is 1. The van der Waals surface area contributed by atoms with E-state index in [4.69, 9.17) is 51.1 Å². The fraction of sp³-hybridized carbons (Fsp3) is 0.0556. The van der Waals surface area contributed by atoms with Crippen LogP contribution in [-0.4, -0.2) is 9.55 Å². The molecule has 3 nitrogen and oxygen atoms in total. The third kappa shape index (κ3) is 4.71. The molecule has 3 rings (SSSR count). The van der Waals surface area contributed by atoms with Gasteiger partial charge in [-0.1, -0.05) is 52.5 Å². The van der Waals surface area contributed by atoms with Crippen LogP contribution in [0.2, 0.25) is 20.1 Å². The SMILES string of the molecule is Clc1ccc(CO/C(=C\n2ccnc2)c2ccc(Cl)cc2Cl)c(Cl)c1. The van der Waals surface area contributed by atoms with Crippen LogP contribution < -0.4 is 0 Å². The summed E-state index contributed by atoms with van der Waals surface area (Å²) in [6.45, 7) is 0.259. The van der Waals surface area contributed by atoms with Gasteiger partial charge in [0.15, 0.2) is 0 Å². The molecule has 0 radical (unpaired) electrons. The third-order valence-electron chi connectivity index (χ3n) is 3.39. The van der Waals surface area contributed by atoms with Crippen LogP contribution in [0.3, 0.4) is 0 Å². The van der Waals surface area contributed by atoms with E-state index in [1.807, 2.05) is 6.07 Å². The molecule has 0 saturated heterocycles. The van der Waals surface area contributed by atoms with Gasteiger partial charge in [0.05, 0.1) is 17.5 Å². The van der Waals surface area contributed by atoms with Gasteiger partial charge in [0.2, 0.25) is 0 Å². The maximum absolute atomic E-state index is 6.32. The largest absolute Gasteiger partial charge is 0.487 e. The van der Waals surface area contributed by atoms with Crippen LogP contribution in [0.15, 0.2) is 55.1 Å². The van der Waals surface area contributed by atoms with Gasteiger partial charge in [0.1, 0.15) is 12.4 Å². The number of halogens is 4. The minimum atomic E-state index is 0.259. The van der Waals surface area contributed by atoms with Gasteiger partial charge in [-0.15, -0.1) is 0 Å². The minimum Gasteiger partial charge on any atom is -0.487 e. The zero-order valence-electron chi connectivity index (χ0n) is 12.8. The highest BCUT2D eigenvalue weighted by Gasteiger charge is 2.11. The molecule has 25 heavy (non-hydrogen) atoms. The normalized spacial score (nSPS) is 11.6. The van der Waals surface area contributed by atoms with Crippen molar-refractivity contribution in [3.05, 3.63) is 86.3 Å². The van der Waals surface area contributed by atoms with Gasteiger partial charge in [0.25, 0.3) is 0 Å². The van der Waals surface area contributed by atoms with Crippen LogP contribution in [0.25, 0.3) is 12.0 Å². The Labute approximate surface area is 165 Å². The highest BCUT2D eigenvalue weighted by Crippen LogP contribution is 2.30. The first kappa shape index (κ1) is 18.2. The number of rotatable bonds is 5. The zero-order chi connectivity index (χ0) is 17.8. The van der Waals surface area contributed by atoms with Crippen LogP contribution in [-0.2, 0) is 11.3 Å². The van der Waals surface area contributed by atoms with Crippen molar-refractivity contribution in [2.45, 2.75) is 6.61 Å². The predicted octanol–water partition coefficient (Wildman–Crippen LogP) is 6.67. The van der Waals surface area contributed by atoms with Gasteiger partial charge in [-0.05, 0) is 30.3 Å². The number of nitrogens with zero attached hydrogens (tertiary/aromatic N) is 2. The fourth-order valence-corrected chi connectivity index (χ4v) is 3.11. The fourth-order valence-electron chi connectivity index (χ4n) is 2.15. The predicted molar refractivity (Wildman–Crippen MR) is 104 cm³/mol. The molecule has 7 heteroatoms. The molecule has 0 unspecified atom stereocenters. The summed E-state index contributed by atoms with van der Waals surface area (Å²) in [7, 11) is 0. The second-order valence-corrected chi connectivity index (χ2v) is 6.84. The summed E-state index contributed by atoms with van der Waals surface area (Å²) in [6, 6.07) is 10.5. The molecule has 0 N–H and O–H groups in total. The Hall–Kier alpha value is -1.65. The van der Waals surface area contributed by atoms with Crippen LogP contribution in [0, 0.1) is 0 Å². The quantitative estimate of drug-likeness (QED) is 0.436. The van der Waals surface area contributed by atoms with Crippen molar-refractivity contribution in [3.8, 4) is 0 Å². The molecule has 1 aromatic heterocycles. The van der Waals surface area contributed by atoms with Crippen molar-refractivity contribution >= 4 is 58.4 Å². The Bertz CT molecular complexity index is 907. The Morgan fingerprint density at radius 3 is 2.36 bits per heavy atom. The molecule has 0 spiro atoms. The lowest BCUT2D eigenvalue weighted by atomic mass is 10.2. The number of ether oxygens (including phenoxy) is 1. The summed E-state index contributed by atoms with van der Waals surface area (Å²) in [5.74, 6) is 0.561. The first-order valence-electron chi connectivity index (χ1n) is 7.24. The van der Waals surface area contributed by atoms with Crippen LogP contribution in [0.4, 0.5) is 0 Å². The molecule has 128 valence electrons. The molecule has 0 aliphatic carbocycles.